The summed E-state index contributed by atoms with van der Waals surface area (Å²) < 4.78 is 1.17. The lowest BCUT2D eigenvalue weighted by Crippen LogP contribution is -2.27. The molecular formula is C18H18N4O2S. The van der Waals surface area contributed by atoms with Crippen molar-refractivity contribution in [2.45, 2.75) is 20.8 Å². The maximum atomic E-state index is 12.6. The highest BCUT2D eigenvalue weighted by Gasteiger charge is 2.15. The highest BCUT2D eigenvalue weighted by molar-refractivity contribution is 7.12. The monoisotopic (exact) mass is 354 g/mol. The van der Waals surface area contributed by atoms with Crippen molar-refractivity contribution in [3.05, 3.63) is 61.7 Å². The van der Waals surface area contributed by atoms with E-state index in [1.54, 1.807) is 35.6 Å². The molecule has 2 heterocycles. The average molecular weight is 354 g/mol. The van der Waals surface area contributed by atoms with Crippen LogP contribution in [0, 0.1) is 13.8 Å². The van der Waals surface area contributed by atoms with Crippen LogP contribution in [0.25, 0.3) is 10.8 Å². The Morgan fingerprint density at radius 1 is 1.24 bits per heavy atom. The quantitative estimate of drug-likeness (QED) is 0.580. The zero-order valence-corrected chi connectivity index (χ0v) is 15.3. The van der Waals surface area contributed by atoms with Crippen molar-refractivity contribution in [1.82, 2.24) is 15.2 Å². The summed E-state index contributed by atoms with van der Waals surface area (Å²) in [5.74, 6) is -0.448. The molecule has 1 amide bonds. The molecule has 2 aromatic heterocycles. The van der Waals surface area contributed by atoms with E-state index in [0.717, 1.165) is 16.2 Å². The van der Waals surface area contributed by atoms with Crippen molar-refractivity contribution in [3.63, 3.8) is 0 Å². The van der Waals surface area contributed by atoms with Gasteiger partial charge in [0.2, 0.25) is 0 Å². The Morgan fingerprint density at radius 2 is 1.92 bits per heavy atom. The van der Waals surface area contributed by atoms with Crippen molar-refractivity contribution < 1.29 is 4.79 Å². The van der Waals surface area contributed by atoms with Crippen LogP contribution in [0.5, 0.6) is 0 Å². The molecule has 0 radical (unpaired) electrons. The van der Waals surface area contributed by atoms with Crippen LogP contribution in [-0.2, 0) is 7.05 Å². The van der Waals surface area contributed by atoms with Gasteiger partial charge in [0.1, 0.15) is 0 Å². The molecule has 128 valence electrons. The third-order valence-corrected chi connectivity index (χ3v) is 4.89. The predicted molar refractivity (Wildman–Crippen MR) is 100 cm³/mol. The molecule has 0 spiro atoms. The second-order valence-electron chi connectivity index (χ2n) is 5.79. The van der Waals surface area contributed by atoms with Crippen molar-refractivity contribution in [1.29, 1.82) is 0 Å². The van der Waals surface area contributed by atoms with Gasteiger partial charge in [-0.25, -0.2) is 10.1 Å². The molecule has 0 fully saturated rings. The lowest BCUT2D eigenvalue weighted by molar-refractivity contribution is 0.0949. The predicted octanol–water partition coefficient (Wildman–Crippen LogP) is 2.77. The molecule has 0 aliphatic heterocycles. The van der Waals surface area contributed by atoms with Crippen LogP contribution in [-0.4, -0.2) is 21.4 Å². The fourth-order valence-corrected chi connectivity index (χ4v) is 3.68. The van der Waals surface area contributed by atoms with Crippen LogP contribution in [0.4, 0.5) is 0 Å². The van der Waals surface area contributed by atoms with Crippen LogP contribution < -0.4 is 11.0 Å². The van der Waals surface area contributed by atoms with Crippen LogP contribution in [0.2, 0.25) is 0 Å². The standard InChI is InChI=1S/C18H18N4O2S/c1-10-9-15(12(3)25-10)11(2)19-20-17(23)16-13-7-5-6-8-14(13)18(24)22(4)21-16/h5-9H,1-4H3,(H,20,23)/b19-11-. The van der Waals surface area contributed by atoms with E-state index in [1.807, 2.05) is 26.8 Å². The number of rotatable bonds is 3. The van der Waals surface area contributed by atoms with Crippen LogP contribution in [0.3, 0.4) is 0 Å². The van der Waals surface area contributed by atoms with E-state index in [-0.39, 0.29) is 11.3 Å². The fraction of sp³-hybridized carbons (Fsp3) is 0.222. The highest BCUT2D eigenvalue weighted by atomic mass is 32.1. The Bertz CT molecular complexity index is 1060. The Balaban J connectivity index is 1.96. The minimum Gasteiger partial charge on any atom is -0.267 e. The third-order valence-electron chi connectivity index (χ3n) is 3.93. The first kappa shape index (κ1) is 17.0. The van der Waals surface area contributed by atoms with E-state index in [9.17, 15) is 9.59 Å². The number of aryl methyl sites for hydroxylation is 3. The molecule has 0 bridgehead atoms. The molecule has 3 rings (SSSR count). The molecule has 0 saturated carbocycles. The van der Waals surface area contributed by atoms with Crippen LogP contribution in [0.1, 0.15) is 32.7 Å². The van der Waals surface area contributed by atoms with E-state index >= 15 is 0 Å². The van der Waals surface area contributed by atoms with Gasteiger partial charge in [0.25, 0.3) is 11.5 Å². The normalized spacial score (nSPS) is 11.8. The SMILES string of the molecule is C/C(=N/NC(=O)c1nn(C)c(=O)c2ccccc12)c1cc(C)sc1C. The fourth-order valence-electron chi connectivity index (χ4n) is 2.71. The second-order valence-corrected chi connectivity index (χ2v) is 7.25. The zero-order chi connectivity index (χ0) is 18.1. The van der Waals surface area contributed by atoms with Crippen LogP contribution >= 0.6 is 11.3 Å². The molecule has 0 aliphatic rings. The third kappa shape index (κ3) is 3.23. The number of hydrogen-bond donors (Lipinski definition) is 1. The van der Waals surface area contributed by atoms with E-state index in [4.69, 9.17) is 0 Å². The first-order valence-electron chi connectivity index (χ1n) is 7.76. The number of carbonyl (C=O) groups is 1. The molecule has 25 heavy (non-hydrogen) atoms. The summed E-state index contributed by atoms with van der Waals surface area (Å²) in [5.41, 5.74) is 4.22. The summed E-state index contributed by atoms with van der Waals surface area (Å²) in [6, 6.07) is 8.97. The second kappa shape index (κ2) is 6.60. The lowest BCUT2D eigenvalue weighted by Gasteiger charge is -2.07. The first-order valence-corrected chi connectivity index (χ1v) is 8.58. The van der Waals surface area contributed by atoms with Gasteiger partial charge in [0.15, 0.2) is 5.69 Å². The first-order chi connectivity index (χ1) is 11.9. The number of nitrogens with one attached hydrogen (secondary N) is 1. The van der Waals surface area contributed by atoms with Gasteiger partial charge in [-0.3, -0.25) is 9.59 Å². The minimum atomic E-state index is -0.448. The molecule has 1 N–H and O–H groups in total. The molecule has 7 heteroatoms. The van der Waals surface area contributed by atoms with Gasteiger partial charge in [0, 0.05) is 27.8 Å². The number of hydrogen-bond acceptors (Lipinski definition) is 5. The summed E-state index contributed by atoms with van der Waals surface area (Å²) in [5, 5.41) is 9.26. The summed E-state index contributed by atoms with van der Waals surface area (Å²) in [6.45, 7) is 5.91. The van der Waals surface area contributed by atoms with Crippen molar-refractivity contribution >= 4 is 33.7 Å². The zero-order valence-electron chi connectivity index (χ0n) is 14.5. The Morgan fingerprint density at radius 3 is 2.56 bits per heavy atom. The van der Waals surface area contributed by atoms with E-state index in [1.165, 1.54) is 16.6 Å². The largest absolute Gasteiger partial charge is 0.292 e. The van der Waals surface area contributed by atoms with Gasteiger partial charge in [-0.05, 0) is 32.9 Å². The lowest BCUT2D eigenvalue weighted by atomic mass is 10.1. The number of carbonyl (C=O) groups excluding carboxylic acids is 1. The summed E-state index contributed by atoms with van der Waals surface area (Å²) >= 11 is 1.69. The number of amides is 1. The molecule has 3 aromatic rings. The Kier molecular flexibility index (Phi) is 4.50. The number of thiophene rings is 1. The molecule has 0 saturated heterocycles. The number of hydrazone groups is 1. The van der Waals surface area contributed by atoms with Crippen LogP contribution in [0.15, 0.2) is 40.2 Å². The number of nitrogens with zero attached hydrogens (tertiary/aromatic N) is 3. The highest BCUT2D eigenvalue weighted by Crippen LogP contribution is 2.21. The molecule has 6 nitrogen and oxygen atoms in total. The van der Waals surface area contributed by atoms with E-state index < -0.39 is 5.91 Å². The summed E-state index contributed by atoms with van der Waals surface area (Å²) in [6.07, 6.45) is 0. The van der Waals surface area contributed by atoms with Gasteiger partial charge < -0.3 is 0 Å². The van der Waals surface area contributed by atoms with E-state index in [0.29, 0.717) is 10.8 Å². The molecule has 0 atom stereocenters. The molecular weight excluding hydrogens is 336 g/mol. The van der Waals surface area contributed by atoms with Gasteiger partial charge in [-0.2, -0.15) is 10.2 Å². The topological polar surface area (TPSA) is 76.3 Å². The Labute approximate surface area is 148 Å². The number of aromatic nitrogens is 2. The van der Waals surface area contributed by atoms with Gasteiger partial charge in [0.05, 0.1) is 11.1 Å². The van der Waals surface area contributed by atoms with Gasteiger partial charge in [-0.1, -0.05) is 18.2 Å². The maximum Gasteiger partial charge on any atom is 0.292 e. The summed E-state index contributed by atoms with van der Waals surface area (Å²) in [4.78, 5) is 27.0. The van der Waals surface area contributed by atoms with E-state index in [2.05, 4.69) is 15.6 Å². The average Bonchev–Trinajstić information content (AvgIpc) is 2.94. The van der Waals surface area contributed by atoms with Crippen molar-refractivity contribution in [2.75, 3.05) is 0 Å². The number of fused-ring (bicyclic) bond motifs is 1. The smallest absolute Gasteiger partial charge is 0.267 e. The van der Waals surface area contributed by atoms with Crippen molar-refractivity contribution in [3.8, 4) is 0 Å². The molecule has 0 aliphatic carbocycles. The molecule has 0 unspecified atom stereocenters. The maximum absolute atomic E-state index is 12.6. The van der Waals surface area contributed by atoms with Gasteiger partial charge in [-0.15, -0.1) is 11.3 Å². The summed E-state index contributed by atoms with van der Waals surface area (Å²) in [7, 11) is 1.53. The minimum absolute atomic E-state index is 0.174. The van der Waals surface area contributed by atoms with Crippen molar-refractivity contribution in [2.24, 2.45) is 12.1 Å². The molecule has 1 aromatic carbocycles. The van der Waals surface area contributed by atoms with Gasteiger partial charge >= 0.3 is 0 Å². The Hall–Kier alpha value is -2.80. The number of benzene rings is 1.